The Bertz CT molecular complexity index is 642. The fourth-order valence-corrected chi connectivity index (χ4v) is 1.67. The number of imidazole rings is 1. The second kappa shape index (κ2) is 5.39. The summed E-state index contributed by atoms with van der Waals surface area (Å²) in [5.74, 6) is 0.466. The number of aromatic nitrogens is 3. The highest BCUT2D eigenvalue weighted by Gasteiger charge is 2.11. The van der Waals surface area contributed by atoms with E-state index in [0.29, 0.717) is 5.84 Å². The molecule has 19 heavy (non-hydrogen) atoms. The number of pyridine rings is 1. The van der Waals surface area contributed by atoms with Crippen LogP contribution < -0.4 is 0 Å². The minimum Gasteiger partial charge on any atom is -0.340 e. The molecule has 0 bridgehead atoms. The van der Waals surface area contributed by atoms with E-state index in [1.165, 1.54) is 0 Å². The summed E-state index contributed by atoms with van der Waals surface area (Å²) in [6.07, 6.45) is 6.93. The highest BCUT2D eigenvalue weighted by atomic mass is 15.0. The van der Waals surface area contributed by atoms with Crippen LogP contribution >= 0.6 is 0 Å². The first-order valence-electron chi connectivity index (χ1n) is 5.77. The lowest BCUT2D eigenvalue weighted by molar-refractivity contribution is 0.913. The van der Waals surface area contributed by atoms with Crippen LogP contribution in [0.5, 0.6) is 0 Å². The minimum absolute atomic E-state index is 0.466. The van der Waals surface area contributed by atoms with Gasteiger partial charge in [0, 0.05) is 19.4 Å². The topological polar surface area (TPSA) is 55.4 Å². The largest absolute Gasteiger partial charge is 0.340 e. The Labute approximate surface area is 112 Å². The first-order chi connectivity index (χ1) is 9.15. The molecule has 0 aromatic carbocycles. The lowest BCUT2D eigenvalue weighted by atomic mass is 10.1. The van der Waals surface area contributed by atoms with Crippen LogP contribution in [0.3, 0.4) is 0 Å². The number of nitrogens with zero attached hydrogens (tertiary/aromatic N) is 5. The van der Waals surface area contributed by atoms with E-state index in [1.54, 1.807) is 18.6 Å². The molecule has 0 amide bonds. The molecular weight excluding hydrogens is 238 g/mol. The van der Waals surface area contributed by atoms with Crippen molar-refractivity contribution in [3.05, 3.63) is 43.0 Å². The predicted molar refractivity (Wildman–Crippen MR) is 78.0 cm³/mol. The predicted octanol–water partition coefficient (Wildman–Crippen LogP) is 2.71. The summed E-state index contributed by atoms with van der Waals surface area (Å²) in [7, 11) is 1.91. The van der Waals surface area contributed by atoms with Crippen molar-refractivity contribution in [3.8, 4) is 11.4 Å². The molecule has 0 aliphatic heterocycles. The zero-order chi connectivity index (χ0) is 13.8. The maximum atomic E-state index is 4.44. The Morgan fingerprint density at radius 2 is 2.21 bits per heavy atom. The third-order valence-corrected chi connectivity index (χ3v) is 2.64. The van der Waals surface area contributed by atoms with E-state index in [-0.39, 0.29) is 0 Å². The summed E-state index contributed by atoms with van der Waals surface area (Å²) in [5, 5.41) is 0. The Hall–Kier alpha value is -2.56. The van der Waals surface area contributed by atoms with Gasteiger partial charge in [0.1, 0.15) is 11.4 Å². The average molecular weight is 253 g/mol. The molecule has 2 heterocycles. The van der Waals surface area contributed by atoms with Gasteiger partial charge in [-0.05, 0) is 31.3 Å². The first-order valence-corrected chi connectivity index (χ1v) is 5.77. The zero-order valence-corrected chi connectivity index (χ0v) is 11.0. The molecule has 0 saturated heterocycles. The molecule has 0 aliphatic carbocycles. The highest BCUT2D eigenvalue weighted by Crippen LogP contribution is 2.30. The van der Waals surface area contributed by atoms with Crippen molar-refractivity contribution < 1.29 is 0 Å². The molecule has 0 atom stereocenters. The van der Waals surface area contributed by atoms with Crippen molar-refractivity contribution in [1.82, 2.24) is 14.5 Å². The summed E-state index contributed by atoms with van der Waals surface area (Å²) < 4.78 is 1.87. The van der Waals surface area contributed by atoms with Gasteiger partial charge in [-0.2, -0.15) is 0 Å². The molecule has 0 radical (unpaired) electrons. The fourth-order valence-electron chi connectivity index (χ4n) is 1.67. The number of hydrogen-bond donors (Lipinski definition) is 0. The quantitative estimate of drug-likeness (QED) is 0.623. The molecule has 0 saturated carbocycles. The smallest absolute Gasteiger partial charge is 0.151 e. The minimum atomic E-state index is 0.466. The highest BCUT2D eigenvalue weighted by molar-refractivity contribution is 5.98. The van der Waals surface area contributed by atoms with E-state index >= 15 is 0 Å². The van der Waals surface area contributed by atoms with Gasteiger partial charge in [-0.15, -0.1) is 0 Å². The summed E-state index contributed by atoms with van der Waals surface area (Å²) >= 11 is 0. The lowest BCUT2D eigenvalue weighted by Crippen LogP contribution is -1.91. The molecule has 0 unspecified atom stereocenters. The monoisotopic (exact) mass is 253 g/mol. The van der Waals surface area contributed by atoms with Gasteiger partial charge < -0.3 is 4.57 Å². The second-order valence-corrected chi connectivity index (χ2v) is 4.08. The van der Waals surface area contributed by atoms with Gasteiger partial charge in [-0.3, -0.25) is 4.98 Å². The Balaban J connectivity index is 2.62. The maximum Gasteiger partial charge on any atom is 0.151 e. The van der Waals surface area contributed by atoms with Gasteiger partial charge in [0.2, 0.25) is 0 Å². The molecule has 0 spiro atoms. The Morgan fingerprint density at radius 3 is 2.79 bits per heavy atom. The van der Waals surface area contributed by atoms with Crippen LogP contribution in [-0.2, 0) is 7.05 Å². The fraction of sp³-hybridized carbons (Fsp3) is 0.143. The van der Waals surface area contributed by atoms with Crippen LogP contribution in [0.15, 0.2) is 47.4 Å². The van der Waals surface area contributed by atoms with Crippen molar-refractivity contribution in [3.63, 3.8) is 0 Å². The molecule has 0 aliphatic rings. The second-order valence-electron chi connectivity index (χ2n) is 4.08. The number of aryl methyl sites for hydroxylation is 2. The van der Waals surface area contributed by atoms with E-state index in [2.05, 4.69) is 33.2 Å². The molecule has 2 rings (SSSR count). The van der Waals surface area contributed by atoms with Gasteiger partial charge in [0.05, 0.1) is 12.0 Å². The molecule has 0 N–H and O–H groups in total. The maximum absolute atomic E-state index is 4.44. The van der Waals surface area contributed by atoms with Crippen molar-refractivity contribution in [1.29, 1.82) is 0 Å². The number of aliphatic imine (C=N–C) groups is 2. The number of amidine groups is 1. The molecule has 96 valence electrons. The summed E-state index contributed by atoms with van der Waals surface area (Å²) in [6, 6.07) is 1.90. The van der Waals surface area contributed by atoms with Crippen LogP contribution in [0.2, 0.25) is 0 Å². The van der Waals surface area contributed by atoms with Crippen LogP contribution in [-0.4, -0.2) is 27.1 Å². The Kier molecular flexibility index (Phi) is 3.66. The van der Waals surface area contributed by atoms with Crippen molar-refractivity contribution in [2.75, 3.05) is 0 Å². The SMILES string of the molecule is C=C/C(N=C)=N/c1c(C)ccnc1-c1cn(C)cn1. The lowest BCUT2D eigenvalue weighted by Gasteiger charge is -2.05. The van der Waals surface area contributed by atoms with E-state index in [1.807, 2.05) is 30.8 Å². The number of rotatable bonds is 3. The van der Waals surface area contributed by atoms with Crippen LogP contribution in [0.1, 0.15) is 5.56 Å². The zero-order valence-electron chi connectivity index (χ0n) is 11.0. The summed E-state index contributed by atoms with van der Waals surface area (Å²) in [6.45, 7) is 9.10. The van der Waals surface area contributed by atoms with Gasteiger partial charge in [0.15, 0.2) is 5.84 Å². The van der Waals surface area contributed by atoms with Crippen LogP contribution in [0.4, 0.5) is 5.69 Å². The number of hydrogen-bond acceptors (Lipinski definition) is 3. The molecule has 2 aromatic rings. The van der Waals surface area contributed by atoms with E-state index < -0.39 is 0 Å². The Morgan fingerprint density at radius 1 is 1.42 bits per heavy atom. The van der Waals surface area contributed by atoms with Crippen molar-refractivity contribution in [2.45, 2.75) is 6.92 Å². The molecule has 5 heteroatoms. The van der Waals surface area contributed by atoms with Gasteiger partial charge in [-0.1, -0.05) is 6.58 Å². The third kappa shape index (κ3) is 2.65. The molecule has 0 fully saturated rings. The summed E-state index contributed by atoms with van der Waals surface area (Å²) in [4.78, 5) is 16.9. The van der Waals surface area contributed by atoms with E-state index in [4.69, 9.17) is 0 Å². The normalized spacial score (nSPS) is 11.4. The molecule has 2 aromatic heterocycles. The van der Waals surface area contributed by atoms with Crippen molar-refractivity contribution in [2.24, 2.45) is 17.0 Å². The first kappa shape index (κ1) is 12.9. The van der Waals surface area contributed by atoms with Gasteiger partial charge >= 0.3 is 0 Å². The molecule has 5 nitrogen and oxygen atoms in total. The van der Waals surface area contributed by atoms with E-state index in [0.717, 1.165) is 22.6 Å². The van der Waals surface area contributed by atoms with Gasteiger partial charge in [-0.25, -0.2) is 15.0 Å². The van der Waals surface area contributed by atoms with Crippen molar-refractivity contribution >= 4 is 18.2 Å². The summed E-state index contributed by atoms with van der Waals surface area (Å²) in [5.41, 5.74) is 3.24. The third-order valence-electron chi connectivity index (χ3n) is 2.64. The van der Waals surface area contributed by atoms with Crippen LogP contribution in [0, 0.1) is 6.92 Å². The van der Waals surface area contributed by atoms with Crippen LogP contribution in [0.25, 0.3) is 11.4 Å². The van der Waals surface area contributed by atoms with Gasteiger partial charge in [0.25, 0.3) is 0 Å². The average Bonchev–Trinajstić information content (AvgIpc) is 2.84. The van der Waals surface area contributed by atoms with E-state index in [9.17, 15) is 0 Å². The molecular formula is C14H15N5. The standard InChI is InChI=1S/C14H15N5/c1-5-12(15-3)18-13-10(2)6-7-16-14(13)11-8-19(4)9-17-11/h5-9H,1,3H2,2,4H3/b18-12-.